The first-order valence-corrected chi connectivity index (χ1v) is 10.3. The Balaban J connectivity index is 1.49. The first-order chi connectivity index (χ1) is 13.5. The molecular formula is C21H29N5O2. The van der Waals surface area contributed by atoms with E-state index >= 15 is 0 Å². The van der Waals surface area contributed by atoms with Gasteiger partial charge in [0.1, 0.15) is 0 Å². The van der Waals surface area contributed by atoms with Crippen molar-refractivity contribution < 1.29 is 9.59 Å². The van der Waals surface area contributed by atoms with Crippen LogP contribution < -0.4 is 0 Å². The third-order valence-electron chi connectivity index (χ3n) is 6.16. The molecule has 0 N–H and O–H groups in total. The SMILES string of the molecule is Cc1cc(C(=O)N2CCN(C(=O)C3CCCCC3)CC2)c2c(C)nn(C)c2n1. The zero-order valence-electron chi connectivity index (χ0n) is 17.1. The number of aromatic nitrogens is 3. The summed E-state index contributed by atoms with van der Waals surface area (Å²) in [6.07, 6.45) is 5.62. The van der Waals surface area contributed by atoms with Crippen molar-refractivity contribution >= 4 is 22.8 Å². The molecule has 2 aromatic heterocycles. The van der Waals surface area contributed by atoms with Gasteiger partial charge in [-0.2, -0.15) is 5.10 Å². The number of hydrogen-bond acceptors (Lipinski definition) is 4. The minimum atomic E-state index is 0.0105. The van der Waals surface area contributed by atoms with Crippen LogP contribution in [0.2, 0.25) is 0 Å². The number of pyridine rings is 1. The fourth-order valence-electron chi connectivity index (χ4n) is 4.65. The number of carbonyl (C=O) groups excluding carboxylic acids is 2. The van der Waals surface area contributed by atoms with E-state index < -0.39 is 0 Å². The van der Waals surface area contributed by atoms with Gasteiger partial charge in [-0.05, 0) is 32.8 Å². The molecule has 28 heavy (non-hydrogen) atoms. The maximum atomic E-state index is 13.3. The normalized spacial score (nSPS) is 18.7. The predicted octanol–water partition coefficient (Wildman–Crippen LogP) is 2.45. The average Bonchev–Trinajstić information content (AvgIpc) is 3.00. The highest BCUT2D eigenvalue weighted by Gasteiger charge is 2.31. The lowest BCUT2D eigenvalue weighted by Crippen LogP contribution is -2.52. The van der Waals surface area contributed by atoms with Crippen LogP contribution in [0.3, 0.4) is 0 Å². The molecule has 0 bridgehead atoms. The molecule has 0 spiro atoms. The molecule has 7 heteroatoms. The zero-order valence-corrected chi connectivity index (χ0v) is 17.1. The highest BCUT2D eigenvalue weighted by atomic mass is 16.2. The number of carbonyl (C=O) groups is 2. The quantitative estimate of drug-likeness (QED) is 0.799. The summed E-state index contributed by atoms with van der Waals surface area (Å²) in [6, 6.07) is 1.86. The molecule has 150 valence electrons. The minimum Gasteiger partial charge on any atom is -0.339 e. The van der Waals surface area contributed by atoms with Gasteiger partial charge in [-0.1, -0.05) is 19.3 Å². The number of nitrogens with zero attached hydrogens (tertiary/aromatic N) is 5. The van der Waals surface area contributed by atoms with E-state index in [9.17, 15) is 9.59 Å². The number of rotatable bonds is 2. The molecule has 2 aliphatic rings. The second-order valence-corrected chi connectivity index (χ2v) is 8.17. The lowest BCUT2D eigenvalue weighted by Gasteiger charge is -2.37. The Morgan fingerprint density at radius 3 is 2.32 bits per heavy atom. The van der Waals surface area contributed by atoms with Gasteiger partial charge in [0, 0.05) is 44.8 Å². The monoisotopic (exact) mass is 383 g/mol. The Labute approximate surface area is 165 Å². The van der Waals surface area contributed by atoms with Gasteiger partial charge >= 0.3 is 0 Å². The second-order valence-electron chi connectivity index (χ2n) is 8.17. The highest BCUT2D eigenvalue weighted by Crippen LogP contribution is 2.27. The van der Waals surface area contributed by atoms with Crippen molar-refractivity contribution in [3.63, 3.8) is 0 Å². The predicted molar refractivity (Wildman–Crippen MR) is 107 cm³/mol. The summed E-state index contributed by atoms with van der Waals surface area (Å²) in [7, 11) is 1.85. The fraction of sp³-hybridized carbons (Fsp3) is 0.619. The molecule has 1 aliphatic carbocycles. The largest absolute Gasteiger partial charge is 0.339 e. The summed E-state index contributed by atoms with van der Waals surface area (Å²) < 4.78 is 1.73. The summed E-state index contributed by atoms with van der Waals surface area (Å²) in [5, 5.41) is 5.27. The number of fused-ring (bicyclic) bond motifs is 1. The van der Waals surface area contributed by atoms with Crippen LogP contribution in [0.15, 0.2) is 6.07 Å². The summed E-state index contributed by atoms with van der Waals surface area (Å²) in [4.78, 5) is 34.4. The Morgan fingerprint density at radius 2 is 1.64 bits per heavy atom. The van der Waals surface area contributed by atoms with Crippen molar-refractivity contribution in [1.82, 2.24) is 24.6 Å². The Morgan fingerprint density at radius 1 is 1.00 bits per heavy atom. The van der Waals surface area contributed by atoms with Crippen LogP contribution in [0.4, 0.5) is 0 Å². The zero-order chi connectivity index (χ0) is 19.8. The average molecular weight is 383 g/mol. The molecular weight excluding hydrogens is 354 g/mol. The maximum Gasteiger partial charge on any atom is 0.254 e. The summed E-state index contributed by atoms with van der Waals surface area (Å²) in [6.45, 7) is 6.23. The van der Waals surface area contributed by atoms with Crippen molar-refractivity contribution in [1.29, 1.82) is 0 Å². The standard InChI is InChI=1S/C21H29N5O2/c1-14-13-17(18-15(2)23-24(3)19(18)22-14)21(28)26-11-9-25(10-12-26)20(27)16-7-5-4-6-8-16/h13,16H,4-12H2,1-3H3. The third kappa shape index (κ3) is 3.38. The van der Waals surface area contributed by atoms with Crippen LogP contribution in [0.25, 0.3) is 11.0 Å². The van der Waals surface area contributed by atoms with E-state index in [1.54, 1.807) is 4.68 Å². The molecule has 2 amide bonds. The van der Waals surface area contributed by atoms with Crippen molar-refractivity contribution in [3.8, 4) is 0 Å². The van der Waals surface area contributed by atoms with E-state index in [0.717, 1.165) is 48.1 Å². The van der Waals surface area contributed by atoms with Gasteiger partial charge in [0.2, 0.25) is 5.91 Å². The molecule has 1 saturated heterocycles. The second kappa shape index (κ2) is 7.53. The maximum absolute atomic E-state index is 13.3. The number of hydrogen-bond donors (Lipinski definition) is 0. The van der Waals surface area contributed by atoms with Gasteiger partial charge in [0.15, 0.2) is 5.65 Å². The van der Waals surface area contributed by atoms with Gasteiger partial charge in [0.25, 0.3) is 5.91 Å². The first kappa shape index (κ1) is 18.9. The van der Waals surface area contributed by atoms with Crippen molar-refractivity contribution in [2.75, 3.05) is 26.2 Å². The number of aryl methyl sites for hydroxylation is 3. The van der Waals surface area contributed by atoms with E-state index in [1.807, 2.05) is 36.8 Å². The molecule has 2 aromatic rings. The lowest BCUT2D eigenvalue weighted by atomic mass is 9.88. The topological polar surface area (TPSA) is 71.3 Å². The van der Waals surface area contributed by atoms with Gasteiger partial charge in [-0.15, -0.1) is 0 Å². The van der Waals surface area contributed by atoms with Gasteiger partial charge in [-0.25, -0.2) is 4.98 Å². The van der Waals surface area contributed by atoms with Crippen LogP contribution in [0.1, 0.15) is 53.8 Å². The molecule has 2 fully saturated rings. The highest BCUT2D eigenvalue weighted by molar-refractivity contribution is 6.06. The number of amides is 2. The molecule has 0 radical (unpaired) electrons. The smallest absolute Gasteiger partial charge is 0.254 e. The molecule has 0 aromatic carbocycles. The van der Waals surface area contributed by atoms with E-state index in [-0.39, 0.29) is 17.7 Å². The molecule has 0 unspecified atom stereocenters. The van der Waals surface area contributed by atoms with E-state index in [1.165, 1.54) is 6.42 Å². The molecule has 7 nitrogen and oxygen atoms in total. The summed E-state index contributed by atoms with van der Waals surface area (Å²) >= 11 is 0. The van der Waals surface area contributed by atoms with Crippen molar-refractivity contribution in [3.05, 3.63) is 23.0 Å². The van der Waals surface area contributed by atoms with Gasteiger partial charge in [-0.3, -0.25) is 14.3 Å². The van der Waals surface area contributed by atoms with Gasteiger partial charge in [0.05, 0.1) is 16.6 Å². The van der Waals surface area contributed by atoms with E-state index in [4.69, 9.17) is 0 Å². The molecule has 1 aliphatic heterocycles. The first-order valence-electron chi connectivity index (χ1n) is 10.3. The Bertz CT molecular complexity index is 905. The summed E-state index contributed by atoms with van der Waals surface area (Å²) in [5.74, 6) is 0.491. The van der Waals surface area contributed by atoms with Crippen LogP contribution in [-0.4, -0.2) is 62.6 Å². The summed E-state index contributed by atoms with van der Waals surface area (Å²) in [5.41, 5.74) is 3.04. The van der Waals surface area contributed by atoms with Crippen LogP contribution in [0, 0.1) is 19.8 Å². The van der Waals surface area contributed by atoms with Crippen LogP contribution >= 0.6 is 0 Å². The molecule has 1 saturated carbocycles. The molecule has 0 atom stereocenters. The lowest BCUT2D eigenvalue weighted by molar-refractivity contribution is -0.138. The Hall–Kier alpha value is -2.44. The van der Waals surface area contributed by atoms with Gasteiger partial charge < -0.3 is 9.80 Å². The molecule has 3 heterocycles. The molecule has 4 rings (SSSR count). The fourth-order valence-corrected chi connectivity index (χ4v) is 4.65. The third-order valence-corrected chi connectivity index (χ3v) is 6.16. The minimum absolute atomic E-state index is 0.0105. The van der Waals surface area contributed by atoms with Crippen LogP contribution in [0.5, 0.6) is 0 Å². The van der Waals surface area contributed by atoms with Crippen molar-refractivity contribution in [2.24, 2.45) is 13.0 Å². The Kier molecular flexibility index (Phi) is 5.08. The number of piperazine rings is 1. The van der Waals surface area contributed by atoms with Crippen molar-refractivity contribution in [2.45, 2.75) is 46.0 Å². The van der Waals surface area contributed by atoms with E-state index in [0.29, 0.717) is 31.7 Å². The van der Waals surface area contributed by atoms with Crippen LogP contribution in [-0.2, 0) is 11.8 Å². The van der Waals surface area contributed by atoms with E-state index in [2.05, 4.69) is 10.1 Å².